The number of carboxylic acid groups (broad SMARTS) is 1. The molecule has 0 bridgehead atoms. The zero-order chi connectivity index (χ0) is 24.0. The summed E-state index contributed by atoms with van der Waals surface area (Å²) in [5, 5.41) is 11.8. The molecular formula is C22H30N4O7. The number of pyridine rings is 1. The molecule has 0 aromatic carbocycles. The minimum absolute atomic E-state index is 0.0188. The number of nitrogens with one attached hydrogen (secondary N) is 1. The number of aromatic nitrogens is 1. The molecule has 1 aromatic rings. The van der Waals surface area contributed by atoms with Crippen LogP contribution in [0.3, 0.4) is 0 Å². The summed E-state index contributed by atoms with van der Waals surface area (Å²) >= 11 is 0. The predicted octanol–water partition coefficient (Wildman–Crippen LogP) is 1.89. The molecule has 33 heavy (non-hydrogen) atoms. The Kier molecular flexibility index (Phi) is 8.10. The van der Waals surface area contributed by atoms with Crippen LogP contribution in [-0.4, -0.2) is 90.6 Å². The molecule has 3 rings (SSSR count). The fraction of sp³-hybridized carbons (Fsp3) is 0.545. The van der Waals surface area contributed by atoms with Crippen LogP contribution in [0.2, 0.25) is 0 Å². The Labute approximate surface area is 192 Å². The number of carbonyl (C=O) groups excluding carboxylic acids is 2. The highest BCUT2D eigenvalue weighted by Gasteiger charge is 2.41. The van der Waals surface area contributed by atoms with Crippen LogP contribution >= 0.6 is 0 Å². The molecule has 2 aliphatic rings. The van der Waals surface area contributed by atoms with E-state index in [-0.39, 0.29) is 44.2 Å². The van der Waals surface area contributed by atoms with E-state index in [2.05, 4.69) is 15.0 Å². The van der Waals surface area contributed by atoms with Crippen LogP contribution in [0.1, 0.15) is 37.1 Å². The number of alkyl carbamates (subject to hydrolysis) is 1. The Morgan fingerprint density at radius 2 is 2.12 bits per heavy atom. The monoisotopic (exact) mass is 462 g/mol. The molecule has 180 valence electrons. The van der Waals surface area contributed by atoms with Crippen molar-refractivity contribution in [2.75, 3.05) is 40.5 Å². The van der Waals surface area contributed by atoms with Crippen molar-refractivity contribution in [2.24, 2.45) is 0 Å². The van der Waals surface area contributed by atoms with Gasteiger partial charge in [0.25, 0.3) is 5.91 Å². The van der Waals surface area contributed by atoms with E-state index in [1.165, 1.54) is 19.1 Å². The van der Waals surface area contributed by atoms with Gasteiger partial charge in [-0.05, 0) is 37.5 Å². The fourth-order valence-electron chi connectivity index (χ4n) is 3.71. The first-order valence-electron chi connectivity index (χ1n) is 10.8. The van der Waals surface area contributed by atoms with Crippen LogP contribution < -0.4 is 10.1 Å². The molecule has 11 heteroatoms. The fourth-order valence-corrected chi connectivity index (χ4v) is 3.71. The zero-order valence-corrected chi connectivity index (χ0v) is 19.0. The SMILES string of the molecule is COC(=O)NC/C=C/c1cc(C(C)N(C(=O)[C@H]2CN(C(=O)O)CCO2)C2CC2)cc(OC)n1. The third-order valence-corrected chi connectivity index (χ3v) is 5.60. The Morgan fingerprint density at radius 3 is 2.76 bits per heavy atom. The van der Waals surface area contributed by atoms with Crippen molar-refractivity contribution in [3.05, 3.63) is 29.5 Å². The highest BCUT2D eigenvalue weighted by atomic mass is 16.5. The molecule has 1 saturated carbocycles. The molecule has 1 saturated heterocycles. The first kappa shape index (κ1) is 24.3. The van der Waals surface area contributed by atoms with Gasteiger partial charge in [-0.15, -0.1) is 0 Å². The van der Waals surface area contributed by atoms with Crippen molar-refractivity contribution < 1.29 is 33.7 Å². The summed E-state index contributed by atoms with van der Waals surface area (Å²) < 4.78 is 15.5. The first-order chi connectivity index (χ1) is 15.8. The summed E-state index contributed by atoms with van der Waals surface area (Å²) in [6.45, 7) is 2.65. The molecule has 2 atom stereocenters. The van der Waals surface area contributed by atoms with Gasteiger partial charge in [0.2, 0.25) is 5.88 Å². The van der Waals surface area contributed by atoms with Gasteiger partial charge in [-0.25, -0.2) is 14.6 Å². The number of morpholine rings is 1. The largest absolute Gasteiger partial charge is 0.481 e. The lowest BCUT2D eigenvalue weighted by Gasteiger charge is -2.36. The number of hydrogen-bond donors (Lipinski definition) is 2. The summed E-state index contributed by atoms with van der Waals surface area (Å²) in [6, 6.07) is 3.42. The van der Waals surface area contributed by atoms with Crippen molar-refractivity contribution in [2.45, 2.75) is 38.0 Å². The lowest BCUT2D eigenvalue weighted by Crippen LogP contribution is -2.53. The summed E-state index contributed by atoms with van der Waals surface area (Å²) in [5.41, 5.74) is 1.44. The van der Waals surface area contributed by atoms with Gasteiger partial charge in [-0.2, -0.15) is 0 Å². The molecule has 2 N–H and O–H groups in total. The van der Waals surface area contributed by atoms with Gasteiger partial charge >= 0.3 is 12.2 Å². The maximum atomic E-state index is 13.4. The summed E-state index contributed by atoms with van der Waals surface area (Å²) in [6.07, 6.45) is 2.83. The number of carbonyl (C=O) groups is 3. The minimum atomic E-state index is -1.06. The average Bonchev–Trinajstić information content (AvgIpc) is 3.66. The Bertz CT molecular complexity index is 903. The summed E-state index contributed by atoms with van der Waals surface area (Å²) in [4.78, 5) is 43.3. The minimum Gasteiger partial charge on any atom is -0.481 e. The highest BCUT2D eigenvalue weighted by Crippen LogP contribution is 2.36. The first-order valence-corrected chi connectivity index (χ1v) is 10.8. The molecule has 11 nitrogen and oxygen atoms in total. The molecule has 2 heterocycles. The highest BCUT2D eigenvalue weighted by molar-refractivity contribution is 5.83. The van der Waals surface area contributed by atoms with E-state index in [4.69, 9.17) is 9.47 Å². The third kappa shape index (κ3) is 6.35. The molecule has 1 unspecified atom stereocenters. The van der Waals surface area contributed by atoms with Crippen LogP contribution in [0.15, 0.2) is 18.2 Å². The van der Waals surface area contributed by atoms with Gasteiger partial charge < -0.3 is 34.4 Å². The van der Waals surface area contributed by atoms with Crippen LogP contribution in [0.5, 0.6) is 5.88 Å². The van der Waals surface area contributed by atoms with E-state index in [0.29, 0.717) is 11.6 Å². The second kappa shape index (κ2) is 11.0. The maximum absolute atomic E-state index is 13.4. The van der Waals surface area contributed by atoms with Crippen molar-refractivity contribution in [3.8, 4) is 5.88 Å². The van der Waals surface area contributed by atoms with E-state index in [1.54, 1.807) is 23.1 Å². The second-order valence-electron chi connectivity index (χ2n) is 7.88. The topological polar surface area (TPSA) is 131 Å². The molecule has 1 aromatic heterocycles. The molecule has 2 fully saturated rings. The average molecular weight is 463 g/mol. The molecule has 1 aliphatic carbocycles. The second-order valence-corrected chi connectivity index (χ2v) is 7.88. The summed E-state index contributed by atoms with van der Waals surface area (Å²) in [5.74, 6) is 0.181. The van der Waals surface area contributed by atoms with Crippen LogP contribution in [0, 0.1) is 0 Å². The molecule has 1 aliphatic heterocycles. The van der Waals surface area contributed by atoms with Gasteiger partial charge in [0, 0.05) is 25.2 Å². The van der Waals surface area contributed by atoms with Crippen LogP contribution in [-0.2, 0) is 14.3 Å². The van der Waals surface area contributed by atoms with Gasteiger partial charge in [0.15, 0.2) is 6.10 Å². The molecule has 0 spiro atoms. The van der Waals surface area contributed by atoms with E-state index in [0.717, 1.165) is 18.4 Å². The molecular weight excluding hydrogens is 432 g/mol. The smallest absolute Gasteiger partial charge is 0.407 e. The lowest BCUT2D eigenvalue weighted by atomic mass is 10.0. The Morgan fingerprint density at radius 1 is 1.36 bits per heavy atom. The van der Waals surface area contributed by atoms with Gasteiger partial charge in [-0.3, -0.25) is 4.79 Å². The Balaban J connectivity index is 1.78. The standard InChI is InChI=1S/C22H30N4O7/c1-14(15-11-16(24-19(12-15)31-2)5-4-8-23-21(28)32-3)26(17-6-7-17)20(27)18-13-25(22(29)30)9-10-33-18/h4-5,11-12,14,17-18H,6-10,13H2,1-3H3,(H,23,28)(H,29,30)/b5-4+/t14?,18-/m1/s1. The third-order valence-electron chi connectivity index (χ3n) is 5.60. The van der Waals surface area contributed by atoms with E-state index < -0.39 is 18.3 Å². The van der Waals surface area contributed by atoms with E-state index in [1.807, 2.05) is 13.0 Å². The molecule has 3 amide bonds. The quantitative estimate of drug-likeness (QED) is 0.599. The van der Waals surface area contributed by atoms with Crippen LogP contribution in [0.4, 0.5) is 9.59 Å². The van der Waals surface area contributed by atoms with E-state index >= 15 is 0 Å². The number of nitrogens with zero attached hydrogens (tertiary/aromatic N) is 3. The van der Waals surface area contributed by atoms with Crippen LogP contribution in [0.25, 0.3) is 6.08 Å². The van der Waals surface area contributed by atoms with Gasteiger partial charge in [-0.1, -0.05) is 6.08 Å². The van der Waals surface area contributed by atoms with E-state index in [9.17, 15) is 19.5 Å². The number of rotatable bonds is 8. The number of methoxy groups -OCH3 is 2. The zero-order valence-electron chi connectivity index (χ0n) is 19.0. The Hall–Kier alpha value is -3.34. The molecule has 0 radical (unpaired) electrons. The van der Waals surface area contributed by atoms with Crippen molar-refractivity contribution >= 4 is 24.2 Å². The maximum Gasteiger partial charge on any atom is 0.407 e. The number of hydrogen-bond acceptors (Lipinski definition) is 7. The van der Waals surface area contributed by atoms with Gasteiger partial charge in [0.1, 0.15) is 0 Å². The number of ether oxygens (including phenoxy) is 3. The normalized spacial score (nSPS) is 19.1. The van der Waals surface area contributed by atoms with Crippen molar-refractivity contribution in [3.63, 3.8) is 0 Å². The van der Waals surface area contributed by atoms with Crippen molar-refractivity contribution in [1.29, 1.82) is 0 Å². The van der Waals surface area contributed by atoms with Gasteiger partial charge in [0.05, 0.1) is 39.1 Å². The predicted molar refractivity (Wildman–Crippen MR) is 118 cm³/mol. The summed E-state index contributed by atoms with van der Waals surface area (Å²) in [7, 11) is 2.81. The lowest BCUT2D eigenvalue weighted by molar-refractivity contribution is -0.151. The van der Waals surface area contributed by atoms with Crippen molar-refractivity contribution in [1.82, 2.24) is 20.1 Å². The number of amides is 3.